The van der Waals surface area contributed by atoms with Crippen molar-refractivity contribution in [1.29, 1.82) is 0 Å². The molecule has 0 aliphatic carbocycles. The highest BCUT2D eigenvalue weighted by atomic mass is 19.1. The summed E-state index contributed by atoms with van der Waals surface area (Å²) in [5, 5.41) is 0.924. The van der Waals surface area contributed by atoms with Crippen LogP contribution in [0.1, 0.15) is 65.9 Å². The van der Waals surface area contributed by atoms with Crippen LogP contribution in [-0.2, 0) is 17.7 Å². The van der Waals surface area contributed by atoms with E-state index in [9.17, 15) is 9.18 Å². The van der Waals surface area contributed by atoms with Crippen LogP contribution < -0.4 is 0 Å². The predicted octanol–water partition coefficient (Wildman–Crippen LogP) is 6.33. The number of rotatable bonds is 8. The fourth-order valence-corrected chi connectivity index (χ4v) is 4.94. The Kier molecular flexibility index (Phi) is 6.68. The normalized spacial score (nSPS) is 15.4. The van der Waals surface area contributed by atoms with Gasteiger partial charge in [-0.2, -0.15) is 0 Å². The van der Waals surface area contributed by atoms with Gasteiger partial charge in [-0.1, -0.05) is 50.2 Å². The maximum Gasteiger partial charge on any atom is 0.216 e. The van der Waals surface area contributed by atoms with Gasteiger partial charge in [0.1, 0.15) is 12.4 Å². The summed E-state index contributed by atoms with van der Waals surface area (Å²) in [4.78, 5) is 22.3. The number of aliphatic imine (C=N–C) groups is 1. The number of nitrogens with zero attached hydrogens (tertiary/aromatic N) is 3. The van der Waals surface area contributed by atoms with E-state index in [-0.39, 0.29) is 30.0 Å². The maximum atomic E-state index is 13.7. The summed E-state index contributed by atoms with van der Waals surface area (Å²) in [6.07, 6.45) is 3.52. The Morgan fingerprint density at radius 2 is 1.92 bits per heavy atom. The first kappa shape index (κ1) is 23.9. The molecule has 1 atom stereocenters. The first-order valence-electron chi connectivity index (χ1n) is 12.4. The van der Waals surface area contributed by atoms with E-state index in [1.807, 2.05) is 37.3 Å². The van der Waals surface area contributed by atoms with Crippen LogP contribution in [-0.4, -0.2) is 33.9 Å². The number of benzene rings is 2. The molecule has 2 aromatic heterocycles. The molecule has 0 unspecified atom stereocenters. The number of Topliss-reactive ketones (excluding diaryl/α,β-unsaturated/α-hetero) is 1. The summed E-state index contributed by atoms with van der Waals surface area (Å²) < 4.78 is 21.7. The Balaban J connectivity index is 1.61. The highest BCUT2D eigenvalue weighted by molar-refractivity contribution is 6.11. The van der Waals surface area contributed by atoms with Gasteiger partial charge < -0.3 is 9.30 Å². The minimum Gasteiger partial charge on any atom is -0.475 e. The maximum absolute atomic E-state index is 13.7. The lowest BCUT2D eigenvalue weighted by molar-refractivity contribution is 0.0982. The van der Waals surface area contributed by atoms with E-state index >= 15 is 0 Å². The fraction of sp³-hybridized carbons (Fsp3) is 0.300. The van der Waals surface area contributed by atoms with Crippen molar-refractivity contribution in [2.75, 3.05) is 6.61 Å². The topological polar surface area (TPSA) is 56.5 Å². The summed E-state index contributed by atoms with van der Waals surface area (Å²) in [5.74, 6) is 0.436. The molecular weight excluding hydrogens is 453 g/mol. The molecule has 184 valence electrons. The van der Waals surface area contributed by atoms with Crippen molar-refractivity contribution in [3.05, 3.63) is 101 Å². The number of fused-ring (bicyclic) bond motifs is 1. The molecule has 3 heterocycles. The summed E-state index contributed by atoms with van der Waals surface area (Å²) in [5.41, 5.74) is 5.54. The van der Waals surface area contributed by atoms with Crippen molar-refractivity contribution in [2.24, 2.45) is 4.99 Å². The molecule has 0 saturated heterocycles. The van der Waals surface area contributed by atoms with E-state index in [2.05, 4.69) is 46.6 Å². The second-order valence-corrected chi connectivity index (χ2v) is 9.75. The second kappa shape index (κ2) is 10.1. The van der Waals surface area contributed by atoms with Gasteiger partial charge in [0.15, 0.2) is 5.78 Å². The number of hydrogen-bond acceptors (Lipinski definition) is 4. The third-order valence-electron chi connectivity index (χ3n) is 6.56. The Labute approximate surface area is 210 Å². The molecule has 5 nitrogen and oxygen atoms in total. The number of carbonyl (C=O) groups excluding carboxylic acids is 1. The van der Waals surface area contributed by atoms with Crippen LogP contribution >= 0.6 is 0 Å². The smallest absolute Gasteiger partial charge is 0.216 e. The van der Waals surface area contributed by atoms with Crippen molar-refractivity contribution < 1.29 is 13.9 Å². The molecule has 0 fully saturated rings. The van der Waals surface area contributed by atoms with Gasteiger partial charge in [0.2, 0.25) is 5.90 Å². The molecule has 0 bridgehead atoms. The highest BCUT2D eigenvalue weighted by Gasteiger charge is 2.26. The van der Waals surface area contributed by atoms with Crippen molar-refractivity contribution >= 4 is 22.6 Å². The Hall–Kier alpha value is -3.80. The van der Waals surface area contributed by atoms with Crippen molar-refractivity contribution in [3.8, 4) is 0 Å². The van der Waals surface area contributed by atoms with Crippen LogP contribution in [0, 0.1) is 5.82 Å². The highest BCUT2D eigenvalue weighted by Crippen LogP contribution is 2.34. The fourth-order valence-electron chi connectivity index (χ4n) is 4.94. The van der Waals surface area contributed by atoms with E-state index in [1.165, 1.54) is 12.3 Å². The van der Waals surface area contributed by atoms with Crippen LogP contribution in [0.5, 0.6) is 0 Å². The van der Waals surface area contributed by atoms with Crippen molar-refractivity contribution in [2.45, 2.75) is 52.1 Å². The van der Waals surface area contributed by atoms with Crippen LogP contribution in [0.25, 0.3) is 10.9 Å². The van der Waals surface area contributed by atoms with Gasteiger partial charge in [-0.3, -0.25) is 9.78 Å². The number of aryl methyl sites for hydroxylation is 1. The zero-order valence-electron chi connectivity index (χ0n) is 20.9. The molecule has 36 heavy (non-hydrogen) atoms. The van der Waals surface area contributed by atoms with E-state index in [4.69, 9.17) is 4.74 Å². The summed E-state index contributed by atoms with van der Waals surface area (Å²) in [7, 11) is 0. The lowest BCUT2D eigenvalue weighted by Gasteiger charge is -2.15. The molecule has 4 aromatic rings. The SMILES string of the molecule is CC(C)c1c(C(=O)CCc2cncc(F)c2)c2ccc(C3=N[C@@H](C)CO3)cc2n1Cc1ccccc1. The first-order valence-corrected chi connectivity index (χ1v) is 12.4. The molecule has 0 spiro atoms. The summed E-state index contributed by atoms with van der Waals surface area (Å²) in [6.45, 7) is 7.50. The minimum absolute atomic E-state index is 0.0515. The van der Waals surface area contributed by atoms with E-state index in [0.29, 0.717) is 25.5 Å². The van der Waals surface area contributed by atoms with Crippen LogP contribution in [0.15, 0.2) is 72.0 Å². The monoisotopic (exact) mass is 483 g/mol. The van der Waals surface area contributed by atoms with Crippen LogP contribution in [0.4, 0.5) is 4.39 Å². The standard InChI is InChI=1S/C30H30FN3O2/c1-19(2)29-28(27(35)12-9-22-13-24(31)16-32-15-22)25-11-10-23(30-33-20(3)18-36-30)14-26(25)34(29)17-21-7-5-4-6-8-21/h4-8,10-11,13-16,19-20H,9,12,17-18H2,1-3H3/t20-/m0/s1. The molecule has 1 aliphatic heterocycles. The third kappa shape index (κ3) is 4.81. The molecule has 0 N–H and O–H groups in total. The molecule has 0 amide bonds. The van der Waals surface area contributed by atoms with Gasteiger partial charge >= 0.3 is 0 Å². The zero-order valence-corrected chi connectivity index (χ0v) is 20.9. The van der Waals surface area contributed by atoms with Gasteiger partial charge in [-0.25, -0.2) is 9.38 Å². The lowest BCUT2D eigenvalue weighted by atomic mass is 9.96. The van der Waals surface area contributed by atoms with Crippen molar-refractivity contribution in [3.63, 3.8) is 0 Å². The molecule has 1 aliphatic rings. The predicted molar refractivity (Wildman–Crippen MR) is 140 cm³/mol. The lowest BCUT2D eigenvalue weighted by Crippen LogP contribution is -2.11. The Morgan fingerprint density at radius 3 is 2.61 bits per heavy atom. The van der Waals surface area contributed by atoms with E-state index in [1.54, 1.807) is 6.20 Å². The third-order valence-corrected chi connectivity index (χ3v) is 6.56. The number of ketones is 1. The van der Waals surface area contributed by atoms with Gasteiger partial charge in [0.05, 0.1) is 17.8 Å². The first-order chi connectivity index (χ1) is 17.4. The summed E-state index contributed by atoms with van der Waals surface area (Å²) >= 11 is 0. The number of carbonyl (C=O) groups is 1. The van der Waals surface area contributed by atoms with E-state index in [0.717, 1.165) is 38.9 Å². The van der Waals surface area contributed by atoms with Gasteiger partial charge in [-0.15, -0.1) is 0 Å². The zero-order chi connectivity index (χ0) is 25.2. The number of halogens is 1. The van der Waals surface area contributed by atoms with Crippen LogP contribution in [0.3, 0.4) is 0 Å². The second-order valence-electron chi connectivity index (χ2n) is 9.75. The van der Waals surface area contributed by atoms with Crippen molar-refractivity contribution in [1.82, 2.24) is 9.55 Å². The Bertz CT molecular complexity index is 1440. The number of aromatic nitrogens is 2. The largest absolute Gasteiger partial charge is 0.475 e. The van der Waals surface area contributed by atoms with Crippen LogP contribution in [0.2, 0.25) is 0 Å². The average Bonchev–Trinajstić information content (AvgIpc) is 3.44. The minimum atomic E-state index is -0.388. The quantitative estimate of drug-likeness (QED) is 0.275. The molecule has 0 saturated carbocycles. The van der Waals surface area contributed by atoms with Gasteiger partial charge in [-0.05, 0) is 48.6 Å². The molecule has 6 heteroatoms. The van der Waals surface area contributed by atoms with E-state index < -0.39 is 0 Å². The molecule has 5 rings (SSSR count). The molecule has 2 aromatic carbocycles. The summed E-state index contributed by atoms with van der Waals surface area (Å²) in [6, 6.07) is 17.9. The average molecular weight is 484 g/mol. The van der Waals surface area contributed by atoms with Gasteiger partial charge in [0, 0.05) is 41.4 Å². The number of ether oxygens (including phenoxy) is 1. The Morgan fingerprint density at radius 1 is 1.11 bits per heavy atom. The molecular formula is C30H30FN3O2. The molecule has 0 radical (unpaired) electrons. The number of pyridine rings is 1. The van der Waals surface area contributed by atoms with Gasteiger partial charge in [0.25, 0.3) is 0 Å². The number of hydrogen-bond donors (Lipinski definition) is 0.